The molecule has 1 saturated heterocycles. The van der Waals surface area contributed by atoms with E-state index in [4.69, 9.17) is 20.3 Å². The molecule has 14 nitrogen and oxygen atoms in total. The lowest BCUT2D eigenvalue weighted by Crippen LogP contribution is -2.60. The number of nitrogens with one attached hydrogen (secondary N) is 1. The Balaban J connectivity index is 1.71. The molecule has 3 rings (SSSR count). The van der Waals surface area contributed by atoms with Crippen molar-refractivity contribution in [2.45, 2.75) is 155 Å². The van der Waals surface area contributed by atoms with E-state index in [0.29, 0.717) is 51.6 Å². The first-order valence-corrected chi connectivity index (χ1v) is 22.5. The van der Waals surface area contributed by atoms with Crippen LogP contribution in [0.15, 0.2) is 30.3 Å². The van der Waals surface area contributed by atoms with Crippen LogP contribution in [0.25, 0.3) is 0 Å². The lowest BCUT2D eigenvalue weighted by Gasteiger charge is -2.41. The first-order valence-electron chi connectivity index (χ1n) is 22.5. The van der Waals surface area contributed by atoms with Crippen molar-refractivity contribution in [2.24, 2.45) is 34.8 Å². The highest BCUT2D eigenvalue weighted by Gasteiger charge is 2.58. The largest absolute Gasteiger partial charge is 0.481 e. The SMILES string of the molecule is CCC(C)C(C(CC(=O)N1CCCC1C(OC)C(C)C(=O)CCCC1(C(N)=O)CC1c1ccccc1)OC)N(C)C(=O)C(NC(=O)C(C(C)C)N(C)CCCC(=O)O)C(C)C. The number of methoxy groups -OCH3 is 2. The van der Waals surface area contributed by atoms with Crippen LogP contribution in [0.3, 0.4) is 0 Å². The Hall–Kier alpha value is -3.88. The summed E-state index contributed by atoms with van der Waals surface area (Å²) in [5, 5.41) is 12.1. The highest BCUT2D eigenvalue weighted by atomic mass is 16.5. The summed E-state index contributed by atoms with van der Waals surface area (Å²) in [6, 6.07) is 7.63. The maximum absolute atomic E-state index is 14.4. The number of carbonyl (C=O) groups is 6. The van der Waals surface area contributed by atoms with Crippen LogP contribution in [-0.4, -0.2) is 133 Å². The Morgan fingerprint density at radius 3 is 2.15 bits per heavy atom. The van der Waals surface area contributed by atoms with Gasteiger partial charge < -0.3 is 35.4 Å². The third-order valence-corrected chi connectivity index (χ3v) is 13.7. The number of carboxylic acids is 1. The number of ketones is 1. The maximum atomic E-state index is 14.4. The van der Waals surface area contributed by atoms with E-state index in [9.17, 15) is 28.8 Å². The molecule has 0 radical (unpaired) electrons. The van der Waals surface area contributed by atoms with Crippen molar-refractivity contribution < 1.29 is 43.3 Å². The number of ether oxygens (including phenoxy) is 2. The van der Waals surface area contributed by atoms with Gasteiger partial charge in [0.1, 0.15) is 11.8 Å². The summed E-state index contributed by atoms with van der Waals surface area (Å²) in [5.41, 5.74) is 6.36. The van der Waals surface area contributed by atoms with Crippen molar-refractivity contribution in [3.63, 3.8) is 0 Å². The van der Waals surface area contributed by atoms with E-state index in [1.807, 2.05) is 88.6 Å². The van der Waals surface area contributed by atoms with Gasteiger partial charge in [-0.05, 0) is 81.4 Å². The summed E-state index contributed by atoms with van der Waals surface area (Å²) >= 11 is 0. The van der Waals surface area contributed by atoms with Crippen molar-refractivity contribution in [1.29, 1.82) is 0 Å². The predicted molar refractivity (Wildman–Crippen MR) is 235 cm³/mol. The predicted octanol–water partition coefficient (Wildman–Crippen LogP) is 5.27. The molecule has 344 valence electrons. The zero-order valence-corrected chi connectivity index (χ0v) is 38.9. The first-order chi connectivity index (χ1) is 28.8. The number of rotatable bonds is 27. The number of carboxylic acid groups (broad SMARTS) is 1. The van der Waals surface area contributed by atoms with Gasteiger partial charge in [-0.25, -0.2) is 0 Å². The fraction of sp³-hybridized carbons (Fsp3) is 0.745. The van der Waals surface area contributed by atoms with Crippen LogP contribution in [0.2, 0.25) is 0 Å². The van der Waals surface area contributed by atoms with Crippen LogP contribution in [0, 0.1) is 29.1 Å². The maximum Gasteiger partial charge on any atom is 0.303 e. The van der Waals surface area contributed by atoms with Gasteiger partial charge in [0.15, 0.2) is 0 Å². The molecule has 1 heterocycles. The van der Waals surface area contributed by atoms with E-state index in [0.717, 1.165) is 12.0 Å². The quantitative estimate of drug-likeness (QED) is 0.105. The Morgan fingerprint density at radius 2 is 1.61 bits per heavy atom. The van der Waals surface area contributed by atoms with Crippen LogP contribution >= 0.6 is 0 Å². The zero-order chi connectivity index (χ0) is 45.8. The molecule has 2 fully saturated rings. The van der Waals surface area contributed by atoms with Crippen molar-refractivity contribution >= 4 is 35.4 Å². The van der Waals surface area contributed by atoms with Gasteiger partial charge in [-0.1, -0.05) is 85.2 Å². The second-order valence-electron chi connectivity index (χ2n) is 18.5. The molecular weight excluding hydrogens is 779 g/mol. The molecule has 4 N–H and O–H groups in total. The number of carbonyl (C=O) groups excluding carboxylic acids is 5. The molecular formula is C47H77N5O9. The van der Waals surface area contributed by atoms with Crippen LogP contribution in [0.5, 0.6) is 0 Å². The van der Waals surface area contributed by atoms with Gasteiger partial charge in [0.2, 0.25) is 23.6 Å². The Bertz CT molecular complexity index is 1620. The summed E-state index contributed by atoms with van der Waals surface area (Å²) in [6.07, 6.45) is 3.37. The minimum Gasteiger partial charge on any atom is -0.481 e. The molecule has 0 bridgehead atoms. The molecule has 1 aromatic carbocycles. The van der Waals surface area contributed by atoms with Crippen molar-refractivity contribution in [2.75, 3.05) is 41.4 Å². The number of amides is 4. The van der Waals surface area contributed by atoms with E-state index >= 15 is 0 Å². The number of nitrogens with zero attached hydrogens (tertiary/aromatic N) is 3. The Kier molecular flexibility index (Phi) is 19.9. The molecule has 14 heteroatoms. The summed E-state index contributed by atoms with van der Waals surface area (Å²) in [4.78, 5) is 85.3. The number of hydrogen-bond donors (Lipinski definition) is 3. The lowest BCUT2D eigenvalue weighted by molar-refractivity contribution is -0.148. The summed E-state index contributed by atoms with van der Waals surface area (Å²) in [7, 11) is 6.63. The molecule has 1 saturated carbocycles. The lowest BCUT2D eigenvalue weighted by atomic mass is 9.87. The van der Waals surface area contributed by atoms with Crippen molar-refractivity contribution in [1.82, 2.24) is 20.0 Å². The molecule has 0 spiro atoms. The molecule has 4 amide bonds. The summed E-state index contributed by atoms with van der Waals surface area (Å²) in [5.74, 6) is -2.78. The highest BCUT2D eigenvalue weighted by molar-refractivity contribution is 5.90. The normalized spacial score (nSPS) is 22.3. The van der Waals surface area contributed by atoms with E-state index in [2.05, 4.69) is 5.32 Å². The second kappa shape index (κ2) is 23.5. The van der Waals surface area contributed by atoms with E-state index in [1.54, 1.807) is 33.2 Å². The smallest absolute Gasteiger partial charge is 0.303 e. The Morgan fingerprint density at radius 1 is 0.951 bits per heavy atom. The molecule has 10 unspecified atom stereocenters. The topological polar surface area (TPSA) is 189 Å². The zero-order valence-electron chi connectivity index (χ0n) is 38.9. The van der Waals surface area contributed by atoms with Crippen LogP contribution in [0.1, 0.15) is 124 Å². The van der Waals surface area contributed by atoms with Gasteiger partial charge in [0.25, 0.3) is 0 Å². The van der Waals surface area contributed by atoms with Crippen molar-refractivity contribution in [3.05, 3.63) is 35.9 Å². The van der Waals surface area contributed by atoms with Crippen LogP contribution < -0.4 is 11.1 Å². The number of primary amides is 1. The third kappa shape index (κ3) is 13.1. The molecule has 61 heavy (non-hydrogen) atoms. The number of aliphatic carboxylic acids is 1. The monoisotopic (exact) mass is 856 g/mol. The highest BCUT2D eigenvalue weighted by Crippen LogP contribution is 2.62. The van der Waals surface area contributed by atoms with Gasteiger partial charge in [-0.3, -0.25) is 33.7 Å². The fourth-order valence-corrected chi connectivity index (χ4v) is 9.85. The van der Waals surface area contributed by atoms with Gasteiger partial charge in [-0.15, -0.1) is 0 Å². The summed E-state index contributed by atoms with van der Waals surface area (Å²) < 4.78 is 12.1. The van der Waals surface area contributed by atoms with E-state index in [-0.39, 0.29) is 78.4 Å². The number of nitrogens with two attached hydrogens (primary N) is 1. The van der Waals surface area contributed by atoms with Crippen LogP contribution in [0.4, 0.5) is 0 Å². The Labute approximate surface area is 365 Å². The average Bonchev–Trinajstić information content (AvgIpc) is 3.76. The molecule has 0 aromatic heterocycles. The number of Topliss-reactive ketones (excluding diaryl/α,β-unsaturated/α-hetero) is 1. The molecule has 1 aromatic rings. The van der Waals surface area contributed by atoms with Crippen LogP contribution in [-0.2, 0) is 38.2 Å². The first kappa shape index (κ1) is 51.5. The van der Waals surface area contributed by atoms with E-state index in [1.165, 1.54) is 0 Å². The molecule has 10 atom stereocenters. The van der Waals surface area contributed by atoms with Crippen molar-refractivity contribution in [3.8, 4) is 0 Å². The van der Waals surface area contributed by atoms with Gasteiger partial charge in [0, 0.05) is 46.6 Å². The number of likely N-dealkylation sites (tertiary alicyclic amines) is 1. The minimum atomic E-state index is -0.893. The second-order valence-corrected chi connectivity index (χ2v) is 18.5. The molecule has 1 aliphatic heterocycles. The number of hydrogen-bond acceptors (Lipinski definition) is 9. The number of benzene rings is 1. The fourth-order valence-electron chi connectivity index (χ4n) is 9.85. The van der Waals surface area contributed by atoms with Gasteiger partial charge in [-0.2, -0.15) is 0 Å². The minimum absolute atomic E-state index is 0.00317. The average molecular weight is 856 g/mol. The number of likely N-dealkylation sites (N-methyl/N-ethyl adjacent to an activating group) is 2. The van der Waals surface area contributed by atoms with Gasteiger partial charge >= 0.3 is 5.97 Å². The van der Waals surface area contributed by atoms with Gasteiger partial charge in [0.05, 0.1) is 42.2 Å². The third-order valence-electron chi connectivity index (χ3n) is 13.7. The summed E-state index contributed by atoms with van der Waals surface area (Å²) in [6.45, 7) is 14.4. The molecule has 1 aliphatic carbocycles. The van der Waals surface area contributed by atoms with E-state index < -0.39 is 47.6 Å². The standard InChI is InChI=1S/C47H77N5O9/c1-12-31(6)42(51(9)45(58)40(29(2)3)49-44(57)41(30(4)5)50(8)25-18-23-39(55)56)37(60-10)27-38(54)52-26-17-21-35(52)43(61-11)32(7)36(53)22-16-24-47(46(48)59)28-34(47)33-19-14-13-15-20-33/h13-15,19-20,29-32,34-35,37,40-43H,12,16-18,21-28H2,1-11H3,(H2,48,59)(H,49,57)(H,55,56). The molecule has 2 aliphatic rings.